The van der Waals surface area contributed by atoms with Gasteiger partial charge >= 0.3 is 0 Å². The smallest absolute Gasteiger partial charge is 0.282 e. The average molecular weight is 494 g/mol. The highest BCUT2D eigenvalue weighted by molar-refractivity contribution is 9.11. The first kappa shape index (κ1) is 19.3. The van der Waals surface area contributed by atoms with E-state index in [0.717, 1.165) is 22.9 Å². The molecule has 0 fully saturated rings. The number of sulfonamides is 1. The van der Waals surface area contributed by atoms with Crippen LogP contribution >= 0.6 is 31.9 Å². The number of nitrogens with one attached hydrogen (secondary N) is 1. The third kappa shape index (κ3) is 5.25. The quantitative estimate of drug-likeness (QED) is 0.502. The van der Waals surface area contributed by atoms with Crippen molar-refractivity contribution in [2.75, 3.05) is 6.26 Å². The van der Waals surface area contributed by atoms with Crippen LogP contribution in [0.4, 0.5) is 5.69 Å². The molecule has 0 radical (unpaired) electrons. The van der Waals surface area contributed by atoms with Gasteiger partial charge in [0.2, 0.25) is 10.0 Å². The van der Waals surface area contributed by atoms with Crippen molar-refractivity contribution in [2.24, 2.45) is 0 Å². The van der Waals surface area contributed by atoms with Crippen molar-refractivity contribution >= 4 is 53.5 Å². The zero-order valence-corrected chi connectivity index (χ0v) is 16.5. The monoisotopic (exact) mass is 492 g/mol. The third-order valence-corrected chi connectivity index (χ3v) is 4.48. The number of rotatable bonds is 5. The maximum absolute atomic E-state index is 12.0. The maximum atomic E-state index is 12.0. The zero-order valence-electron chi connectivity index (χ0n) is 12.5. The Hall–Kier alpha value is -1.98. The minimum Gasteiger partial charge on any atom is -0.456 e. The van der Waals surface area contributed by atoms with Crippen molar-refractivity contribution in [3.05, 3.63) is 61.0 Å². The van der Waals surface area contributed by atoms with E-state index in [1.54, 1.807) is 22.9 Å². The minimum atomic E-state index is -3.87. The normalized spacial score (nSPS) is 11.0. The molecule has 0 saturated heterocycles. The standard InChI is InChI=1S/C14H10Br2N2O6S/c1-25(22,23)17-14(19)10-7-9(3-4-12(10)18(20)21)24-13-5-2-8(15)6-11(13)16/h2-7H,1H3,(H,17,19). The predicted octanol–water partition coefficient (Wildman–Crippen LogP) is 3.60. The largest absolute Gasteiger partial charge is 0.456 e. The van der Waals surface area contributed by atoms with E-state index < -0.39 is 32.1 Å². The van der Waals surface area contributed by atoms with E-state index in [4.69, 9.17) is 4.74 Å². The number of amides is 1. The SMILES string of the molecule is CS(=O)(=O)NC(=O)c1cc(Oc2ccc(Br)cc2Br)ccc1[N+](=O)[O-]. The van der Waals surface area contributed by atoms with Gasteiger partial charge < -0.3 is 4.74 Å². The summed E-state index contributed by atoms with van der Waals surface area (Å²) < 4.78 is 31.1. The van der Waals surface area contributed by atoms with E-state index in [0.29, 0.717) is 10.2 Å². The number of hydrogen-bond donors (Lipinski definition) is 1. The highest BCUT2D eigenvalue weighted by atomic mass is 79.9. The summed E-state index contributed by atoms with van der Waals surface area (Å²) in [5.41, 5.74) is -0.968. The summed E-state index contributed by atoms with van der Waals surface area (Å²) in [5.74, 6) is -0.576. The van der Waals surface area contributed by atoms with E-state index >= 15 is 0 Å². The Morgan fingerprint density at radius 2 is 1.88 bits per heavy atom. The van der Waals surface area contributed by atoms with Gasteiger partial charge in [-0.3, -0.25) is 14.9 Å². The third-order valence-electron chi connectivity index (χ3n) is 2.81. The highest BCUT2D eigenvalue weighted by Crippen LogP contribution is 2.33. The van der Waals surface area contributed by atoms with Crippen molar-refractivity contribution < 1.29 is 22.9 Å². The van der Waals surface area contributed by atoms with Crippen LogP contribution in [0.2, 0.25) is 0 Å². The summed E-state index contributed by atoms with van der Waals surface area (Å²) in [6, 6.07) is 8.59. The molecule has 11 heteroatoms. The lowest BCUT2D eigenvalue weighted by atomic mass is 10.1. The number of benzene rings is 2. The Balaban J connectivity index is 2.43. The second kappa shape index (κ2) is 7.50. The first-order valence-corrected chi connectivity index (χ1v) is 9.98. The lowest BCUT2D eigenvalue weighted by Crippen LogP contribution is -2.29. The summed E-state index contributed by atoms with van der Waals surface area (Å²) in [7, 11) is -3.87. The van der Waals surface area contributed by atoms with E-state index in [1.807, 2.05) is 0 Å². The number of carbonyl (C=O) groups is 1. The number of nitro groups is 1. The summed E-state index contributed by atoms with van der Waals surface area (Å²) in [6.07, 6.45) is 0.774. The van der Waals surface area contributed by atoms with Gasteiger partial charge in [-0.15, -0.1) is 0 Å². The fraction of sp³-hybridized carbons (Fsp3) is 0.0714. The van der Waals surface area contributed by atoms with Gasteiger partial charge in [0.15, 0.2) is 0 Å². The molecule has 25 heavy (non-hydrogen) atoms. The molecule has 0 aliphatic rings. The molecule has 0 aliphatic carbocycles. The van der Waals surface area contributed by atoms with Crippen molar-refractivity contribution in [2.45, 2.75) is 0 Å². The summed E-state index contributed by atoms with van der Waals surface area (Å²) in [5, 5.41) is 11.1. The summed E-state index contributed by atoms with van der Waals surface area (Å²) in [6.45, 7) is 0. The van der Waals surface area contributed by atoms with Gasteiger partial charge in [-0.25, -0.2) is 13.1 Å². The van der Waals surface area contributed by atoms with Crippen LogP contribution in [0.3, 0.4) is 0 Å². The van der Waals surface area contributed by atoms with Crippen molar-refractivity contribution in [1.82, 2.24) is 4.72 Å². The molecule has 8 nitrogen and oxygen atoms in total. The fourth-order valence-corrected chi connectivity index (χ4v) is 3.40. The van der Waals surface area contributed by atoms with E-state index in [-0.39, 0.29) is 5.75 Å². The molecule has 2 aromatic carbocycles. The lowest BCUT2D eigenvalue weighted by molar-refractivity contribution is -0.385. The van der Waals surface area contributed by atoms with E-state index in [9.17, 15) is 23.3 Å². The molecule has 0 saturated carbocycles. The van der Waals surface area contributed by atoms with E-state index in [1.165, 1.54) is 6.07 Å². The number of carbonyl (C=O) groups excluding carboxylic acids is 1. The van der Waals surface area contributed by atoms with Gasteiger partial charge in [0, 0.05) is 16.6 Å². The Labute approximate surface area is 159 Å². The second-order valence-corrected chi connectivity index (χ2v) is 8.33. The second-order valence-electron chi connectivity index (χ2n) is 4.82. The van der Waals surface area contributed by atoms with Crippen molar-refractivity contribution in [3.8, 4) is 11.5 Å². The molecule has 0 atom stereocenters. The van der Waals surface area contributed by atoms with Crippen LogP contribution in [0.15, 0.2) is 45.3 Å². The Kier molecular flexibility index (Phi) is 5.80. The molecule has 2 rings (SSSR count). The zero-order chi connectivity index (χ0) is 18.8. The number of halogens is 2. The van der Waals surface area contributed by atoms with Crippen molar-refractivity contribution in [1.29, 1.82) is 0 Å². The van der Waals surface area contributed by atoms with E-state index in [2.05, 4.69) is 31.9 Å². The molecule has 2 aromatic rings. The Bertz CT molecular complexity index is 962. The Morgan fingerprint density at radius 1 is 1.20 bits per heavy atom. The van der Waals surface area contributed by atoms with Gasteiger partial charge in [0.25, 0.3) is 11.6 Å². The maximum Gasteiger partial charge on any atom is 0.282 e. The molecule has 0 unspecified atom stereocenters. The molecule has 0 bridgehead atoms. The molecule has 0 aliphatic heterocycles. The fourth-order valence-electron chi connectivity index (χ4n) is 1.83. The highest BCUT2D eigenvalue weighted by Gasteiger charge is 2.23. The lowest BCUT2D eigenvalue weighted by Gasteiger charge is -2.10. The van der Waals surface area contributed by atoms with Gasteiger partial charge in [-0.2, -0.15) is 0 Å². The average Bonchev–Trinajstić information content (AvgIpc) is 2.48. The van der Waals surface area contributed by atoms with Crippen LogP contribution in [0.25, 0.3) is 0 Å². The molecule has 0 aromatic heterocycles. The van der Waals surface area contributed by atoms with Crippen molar-refractivity contribution in [3.63, 3.8) is 0 Å². The number of ether oxygens (including phenoxy) is 1. The topological polar surface area (TPSA) is 116 Å². The molecule has 0 spiro atoms. The number of nitro benzene ring substituents is 1. The Morgan fingerprint density at radius 3 is 2.44 bits per heavy atom. The van der Waals surface area contributed by atoms with Gasteiger partial charge in [-0.05, 0) is 40.2 Å². The van der Waals surface area contributed by atoms with Crippen LogP contribution in [-0.2, 0) is 10.0 Å². The number of nitrogens with zero attached hydrogens (tertiary/aromatic N) is 1. The van der Waals surface area contributed by atoms with Gasteiger partial charge in [0.1, 0.15) is 17.1 Å². The van der Waals surface area contributed by atoms with Gasteiger partial charge in [0.05, 0.1) is 15.7 Å². The molecule has 1 amide bonds. The molecule has 1 N–H and O–H groups in total. The molecular formula is C14H10Br2N2O6S. The van der Waals surface area contributed by atoms with Crippen LogP contribution in [0.1, 0.15) is 10.4 Å². The van der Waals surface area contributed by atoms with Crippen LogP contribution in [0, 0.1) is 10.1 Å². The number of hydrogen-bond acceptors (Lipinski definition) is 6. The minimum absolute atomic E-state index is 0.132. The van der Waals surface area contributed by atoms with Crippen LogP contribution in [-0.4, -0.2) is 25.5 Å². The summed E-state index contributed by atoms with van der Waals surface area (Å²) in [4.78, 5) is 22.3. The van der Waals surface area contributed by atoms with Crippen LogP contribution < -0.4 is 9.46 Å². The molecular weight excluding hydrogens is 484 g/mol. The predicted molar refractivity (Wildman–Crippen MR) is 97.3 cm³/mol. The molecule has 0 heterocycles. The van der Waals surface area contributed by atoms with Gasteiger partial charge in [-0.1, -0.05) is 15.9 Å². The summed E-state index contributed by atoms with van der Waals surface area (Å²) >= 11 is 6.60. The first-order valence-electron chi connectivity index (χ1n) is 6.50. The van der Waals surface area contributed by atoms with Crippen LogP contribution in [0.5, 0.6) is 11.5 Å². The molecule has 132 valence electrons. The first-order chi connectivity index (χ1) is 11.6.